The first kappa shape index (κ1) is 9.36. The van der Waals surface area contributed by atoms with E-state index in [1.54, 1.807) is 0 Å². The van der Waals surface area contributed by atoms with Crippen molar-refractivity contribution in [2.45, 2.75) is 25.2 Å². The maximum Gasteiger partial charge on any atom is 0.106 e. The van der Waals surface area contributed by atoms with Gasteiger partial charge in [0.1, 0.15) is 6.10 Å². The molecular weight excluding hydrogens is 188 g/mol. The highest BCUT2D eigenvalue weighted by atomic mass is 79.9. The maximum atomic E-state index is 8.86. The van der Waals surface area contributed by atoms with Crippen LogP contribution in [0.4, 0.5) is 0 Å². The molecule has 3 N–H and O–H groups in total. The van der Waals surface area contributed by atoms with Crippen molar-refractivity contribution in [3.63, 3.8) is 0 Å². The zero-order valence-electron chi connectivity index (χ0n) is 5.16. The quantitative estimate of drug-likeness (QED) is 0.536. The molecule has 3 atom stereocenters. The van der Waals surface area contributed by atoms with Gasteiger partial charge in [-0.1, -0.05) is 15.9 Å². The monoisotopic (exact) mass is 198 g/mol. The Morgan fingerprint density at radius 3 is 1.89 bits per heavy atom. The lowest BCUT2D eigenvalue weighted by atomic mass is 10.1. The number of hydrogen-bond acceptors (Lipinski definition) is 3. The molecule has 3 nitrogen and oxygen atoms in total. The smallest absolute Gasteiger partial charge is 0.106 e. The summed E-state index contributed by atoms with van der Waals surface area (Å²) in [5, 5.41) is 26.7. The van der Waals surface area contributed by atoms with Crippen molar-refractivity contribution in [1.29, 1.82) is 0 Å². The van der Waals surface area contributed by atoms with Crippen LogP contribution >= 0.6 is 15.9 Å². The van der Waals surface area contributed by atoms with Gasteiger partial charge in [0.2, 0.25) is 0 Å². The van der Waals surface area contributed by atoms with E-state index in [0.29, 0.717) is 0 Å². The van der Waals surface area contributed by atoms with Crippen molar-refractivity contribution in [3.05, 3.63) is 0 Å². The number of halogens is 1. The predicted molar refractivity (Wildman–Crippen MR) is 37.5 cm³/mol. The van der Waals surface area contributed by atoms with Crippen LogP contribution in [-0.4, -0.2) is 39.0 Å². The maximum absolute atomic E-state index is 8.86. The fraction of sp³-hybridized carbons (Fsp3) is 1.00. The molecule has 56 valence electrons. The number of aliphatic hydroxyl groups is 3. The highest BCUT2D eigenvalue weighted by Crippen LogP contribution is 2.01. The Labute approximate surface area is 62.4 Å². The Morgan fingerprint density at radius 2 is 1.78 bits per heavy atom. The lowest BCUT2D eigenvalue weighted by Gasteiger charge is -2.17. The third-order valence-corrected chi connectivity index (χ3v) is 1.71. The Hall–Kier alpha value is 0.360. The molecule has 0 unspecified atom stereocenters. The molecule has 4 heteroatoms. The molecule has 0 aromatic rings. The van der Waals surface area contributed by atoms with Crippen LogP contribution in [0.5, 0.6) is 0 Å². The number of aliphatic hydroxyl groups excluding tert-OH is 3. The predicted octanol–water partition coefficient (Wildman–Crippen LogP) is -0.516. The summed E-state index contributed by atoms with van der Waals surface area (Å²) >= 11 is 2.96. The van der Waals surface area contributed by atoms with Crippen molar-refractivity contribution >= 4 is 15.9 Å². The normalized spacial score (nSPS) is 21.0. The van der Waals surface area contributed by atoms with Gasteiger partial charge in [-0.05, 0) is 6.92 Å². The molecule has 9 heavy (non-hydrogen) atoms. The van der Waals surface area contributed by atoms with E-state index in [1.165, 1.54) is 6.92 Å². The van der Waals surface area contributed by atoms with E-state index >= 15 is 0 Å². The summed E-state index contributed by atoms with van der Waals surface area (Å²) in [4.78, 5) is 0. The van der Waals surface area contributed by atoms with Gasteiger partial charge in [-0.2, -0.15) is 0 Å². The van der Waals surface area contributed by atoms with E-state index in [2.05, 4.69) is 15.9 Å². The molecule has 0 aliphatic rings. The molecule has 0 bridgehead atoms. The van der Waals surface area contributed by atoms with E-state index in [9.17, 15) is 0 Å². The molecule has 0 spiro atoms. The van der Waals surface area contributed by atoms with Crippen LogP contribution in [-0.2, 0) is 0 Å². The SMILES string of the molecule is C[C@H](O)[C@H](O)[C@H](O)CBr. The zero-order chi connectivity index (χ0) is 7.44. The summed E-state index contributed by atoms with van der Waals surface area (Å²) in [5.41, 5.74) is 0. The van der Waals surface area contributed by atoms with Gasteiger partial charge in [0, 0.05) is 5.33 Å². The molecule has 0 heterocycles. The molecule has 0 aliphatic heterocycles. The van der Waals surface area contributed by atoms with Gasteiger partial charge < -0.3 is 15.3 Å². The Bertz CT molecular complexity index is 76.6. The molecule has 0 rings (SSSR count). The lowest BCUT2D eigenvalue weighted by molar-refractivity contribution is -0.0414. The van der Waals surface area contributed by atoms with Crippen molar-refractivity contribution < 1.29 is 15.3 Å². The molecule has 0 radical (unpaired) electrons. The summed E-state index contributed by atoms with van der Waals surface area (Å²) in [6.45, 7) is 1.43. The van der Waals surface area contributed by atoms with E-state index < -0.39 is 18.3 Å². The van der Waals surface area contributed by atoms with Crippen LogP contribution in [0.3, 0.4) is 0 Å². The van der Waals surface area contributed by atoms with E-state index in [-0.39, 0.29) is 5.33 Å². The number of alkyl halides is 1. The Balaban J connectivity index is 3.58. The highest BCUT2D eigenvalue weighted by Gasteiger charge is 2.19. The number of rotatable bonds is 3. The van der Waals surface area contributed by atoms with Crippen molar-refractivity contribution in [2.75, 3.05) is 5.33 Å². The van der Waals surface area contributed by atoms with Crippen molar-refractivity contribution in [3.8, 4) is 0 Å². The van der Waals surface area contributed by atoms with E-state index in [4.69, 9.17) is 15.3 Å². The average molecular weight is 199 g/mol. The fourth-order valence-electron chi connectivity index (χ4n) is 0.413. The summed E-state index contributed by atoms with van der Waals surface area (Å²) in [5.74, 6) is 0. The molecule has 0 aliphatic carbocycles. The zero-order valence-corrected chi connectivity index (χ0v) is 6.74. The molecular formula is C5H11BrO3. The summed E-state index contributed by atoms with van der Waals surface area (Å²) in [7, 11) is 0. The van der Waals surface area contributed by atoms with Crippen molar-refractivity contribution in [1.82, 2.24) is 0 Å². The largest absolute Gasteiger partial charge is 0.391 e. The molecule has 0 amide bonds. The van der Waals surface area contributed by atoms with E-state index in [0.717, 1.165) is 0 Å². The Kier molecular flexibility index (Phi) is 4.39. The fourth-order valence-corrected chi connectivity index (χ4v) is 0.796. The van der Waals surface area contributed by atoms with Crippen LogP contribution in [0.1, 0.15) is 6.92 Å². The standard InChI is InChI=1S/C5H11BrO3/c1-3(7)5(9)4(8)2-6/h3-5,7-9H,2H2,1H3/t3-,4+,5-/m0/s1. The highest BCUT2D eigenvalue weighted by molar-refractivity contribution is 9.09. The summed E-state index contributed by atoms with van der Waals surface area (Å²) < 4.78 is 0. The van der Waals surface area contributed by atoms with Gasteiger partial charge in [0.25, 0.3) is 0 Å². The third kappa shape index (κ3) is 3.15. The molecule has 0 aromatic heterocycles. The van der Waals surface area contributed by atoms with Crippen LogP contribution in [0, 0.1) is 0 Å². The number of hydrogen-bond donors (Lipinski definition) is 3. The summed E-state index contributed by atoms with van der Waals surface area (Å²) in [6.07, 6.45) is -2.81. The van der Waals surface area contributed by atoms with Crippen LogP contribution in [0.15, 0.2) is 0 Å². The van der Waals surface area contributed by atoms with Crippen molar-refractivity contribution in [2.24, 2.45) is 0 Å². The van der Waals surface area contributed by atoms with Gasteiger partial charge in [-0.15, -0.1) is 0 Å². The van der Waals surface area contributed by atoms with E-state index in [1.807, 2.05) is 0 Å². The van der Waals surface area contributed by atoms with Gasteiger partial charge >= 0.3 is 0 Å². The van der Waals surface area contributed by atoms with Gasteiger partial charge in [0.05, 0.1) is 12.2 Å². The second-order valence-electron chi connectivity index (χ2n) is 1.95. The Morgan fingerprint density at radius 1 is 1.33 bits per heavy atom. The second-order valence-corrected chi connectivity index (χ2v) is 2.60. The van der Waals surface area contributed by atoms with Crippen LogP contribution in [0.25, 0.3) is 0 Å². The first-order valence-electron chi connectivity index (χ1n) is 2.69. The minimum absolute atomic E-state index is 0.277. The van der Waals surface area contributed by atoms with Gasteiger partial charge in [-0.25, -0.2) is 0 Å². The molecule has 0 fully saturated rings. The first-order chi connectivity index (χ1) is 4.09. The van der Waals surface area contributed by atoms with Gasteiger partial charge in [-0.3, -0.25) is 0 Å². The molecule has 0 saturated heterocycles. The first-order valence-corrected chi connectivity index (χ1v) is 3.82. The minimum atomic E-state index is -1.05. The minimum Gasteiger partial charge on any atom is -0.391 e. The molecule has 0 saturated carbocycles. The topological polar surface area (TPSA) is 60.7 Å². The average Bonchev–Trinajstić information content (AvgIpc) is 1.84. The second kappa shape index (κ2) is 4.22. The van der Waals surface area contributed by atoms with Gasteiger partial charge in [0.15, 0.2) is 0 Å². The van der Waals surface area contributed by atoms with Crippen LogP contribution < -0.4 is 0 Å². The third-order valence-electron chi connectivity index (χ3n) is 1.05. The summed E-state index contributed by atoms with van der Waals surface area (Å²) in [6, 6.07) is 0. The van der Waals surface area contributed by atoms with Crippen LogP contribution in [0.2, 0.25) is 0 Å². The molecule has 0 aromatic carbocycles. The lowest BCUT2D eigenvalue weighted by Crippen LogP contribution is -2.36.